The molecule has 0 radical (unpaired) electrons. The fourth-order valence-corrected chi connectivity index (χ4v) is 3.18. The van der Waals surface area contributed by atoms with E-state index >= 15 is 0 Å². The summed E-state index contributed by atoms with van der Waals surface area (Å²) in [5, 5.41) is 2.56. The second kappa shape index (κ2) is 10.1. The van der Waals surface area contributed by atoms with E-state index in [1.807, 2.05) is 30.3 Å². The number of nitrogens with zero attached hydrogens (tertiary/aromatic N) is 1. The smallest absolute Gasteiger partial charge is 0.410 e. The van der Waals surface area contributed by atoms with Crippen molar-refractivity contribution in [2.24, 2.45) is 0 Å². The van der Waals surface area contributed by atoms with Gasteiger partial charge in [-0.05, 0) is 45.6 Å². The van der Waals surface area contributed by atoms with Crippen LogP contribution >= 0.6 is 0 Å². The van der Waals surface area contributed by atoms with E-state index in [1.165, 1.54) is 7.11 Å². The van der Waals surface area contributed by atoms with Gasteiger partial charge in [0.1, 0.15) is 18.2 Å². The van der Waals surface area contributed by atoms with Gasteiger partial charge in [-0.3, -0.25) is 0 Å². The molecular weight excluding hydrogens is 376 g/mol. The standard InChI is InChI=1S/C21H30N2O6/c1-21(2,3)29-20(26)23-12-8-11-16(23)13-17(18(24)27-4)22-19(25)28-14-15-9-6-5-7-10-15/h5-7,9-10,16-17H,8,11-14H2,1-4H3,(H,22,25). The molecule has 29 heavy (non-hydrogen) atoms. The quantitative estimate of drug-likeness (QED) is 0.576. The molecule has 1 heterocycles. The lowest BCUT2D eigenvalue weighted by Gasteiger charge is -2.30. The summed E-state index contributed by atoms with van der Waals surface area (Å²) in [4.78, 5) is 38.4. The topological polar surface area (TPSA) is 94.2 Å². The van der Waals surface area contributed by atoms with Gasteiger partial charge in [0.2, 0.25) is 0 Å². The molecule has 2 rings (SSSR count). The van der Waals surface area contributed by atoms with Crippen LogP contribution in [0.15, 0.2) is 30.3 Å². The van der Waals surface area contributed by atoms with Gasteiger partial charge in [0.15, 0.2) is 0 Å². The van der Waals surface area contributed by atoms with Gasteiger partial charge in [-0.1, -0.05) is 30.3 Å². The number of nitrogens with one attached hydrogen (secondary N) is 1. The molecule has 1 fully saturated rings. The first kappa shape index (κ1) is 22.5. The molecule has 1 aliphatic rings. The van der Waals surface area contributed by atoms with Gasteiger partial charge in [0.25, 0.3) is 0 Å². The summed E-state index contributed by atoms with van der Waals surface area (Å²) in [5.41, 5.74) is 0.232. The van der Waals surface area contributed by atoms with E-state index in [0.29, 0.717) is 13.0 Å². The van der Waals surface area contributed by atoms with Gasteiger partial charge < -0.3 is 24.4 Å². The third-order valence-electron chi connectivity index (χ3n) is 4.50. The number of methoxy groups -OCH3 is 1. The number of carbonyl (C=O) groups excluding carboxylic acids is 3. The lowest BCUT2D eigenvalue weighted by atomic mass is 10.1. The minimum Gasteiger partial charge on any atom is -0.467 e. The van der Waals surface area contributed by atoms with E-state index in [1.54, 1.807) is 25.7 Å². The molecule has 1 N–H and O–H groups in total. The van der Waals surface area contributed by atoms with Crippen LogP contribution in [0.1, 0.15) is 45.6 Å². The van der Waals surface area contributed by atoms with Crippen LogP contribution in [-0.4, -0.2) is 54.4 Å². The lowest BCUT2D eigenvalue weighted by Crippen LogP contribution is -2.47. The first-order valence-corrected chi connectivity index (χ1v) is 9.74. The Morgan fingerprint density at radius 2 is 1.90 bits per heavy atom. The molecule has 2 amide bonds. The molecule has 0 bridgehead atoms. The molecule has 0 spiro atoms. The van der Waals surface area contributed by atoms with E-state index < -0.39 is 29.8 Å². The third-order valence-corrected chi connectivity index (χ3v) is 4.50. The second-order valence-corrected chi connectivity index (χ2v) is 7.99. The van der Waals surface area contributed by atoms with Crippen LogP contribution in [0.3, 0.4) is 0 Å². The maximum absolute atomic E-state index is 12.4. The Morgan fingerprint density at radius 1 is 1.21 bits per heavy atom. The van der Waals surface area contributed by atoms with Gasteiger partial charge in [-0.2, -0.15) is 0 Å². The molecule has 2 unspecified atom stereocenters. The molecule has 1 aliphatic heterocycles. The SMILES string of the molecule is COC(=O)C(CC1CCCN1C(=O)OC(C)(C)C)NC(=O)OCc1ccccc1. The van der Waals surface area contributed by atoms with Gasteiger partial charge in [0, 0.05) is 12.6 Å². The minimum absolute atomic E-state index is 0.0913. The number of alkyl carbamates (subject to hydrolysis) is 1. The highest BCUT2D eigenvalue weighted by atomic mass is 16.6. The Hall–Kier alpha value is -2.77. The number of rotatable bonds is 6. The van der Waals surface area contributed by atoms with Crippen LogP contribution in [-0.2, 0) is 25.6 Å². The molecule has 8 heteroatoms. The molecule has 0 saturated carbocycles. The minimum atomic E-state index is -0.920. The zero-order valence-corrected chi connectivity index (χ0v) is 17.5. The van der Waals surface area contributed by atoms with Crippen LogP contribution in [0, 0.1) is 0 Å². The van der Waals surface area contributed by atoms with Gasteiger partial charge in [-0.25, -0.2) is 14.4 Å². The first-order valence-electron chi connectivity index (χ1n) is 9.74. The average molecular weight is 406 g/mol. The van der Waals surface area contributed by atoms with Crippen LogP contribution in [0.5, 0.6) is 0 Å². The number of carbonyl (C=O) groups is 3. The van der Waals surface area contributed by atoms with Crippen LogP contribution < -0.4 is 5.32 Å². The molecule has 1 aromatic rings. The monoisotopic (exact) mass is 406 g/mol. The van der Waals surface area contributed by atoms with Crippen molar-refractivity contribution in [3.05, 3.63) is 35.9 Å². The molecule has 0 aromatic heterocycles. The highest BCUT2D eigenvalue weighted by molar-refractivity contribution is 5.81. The highest BCUT2D eigenvalue weighted by Crippen LogP contribution is 2.24. The summed E-state index contributed by atoms with van der Waals surface area (Å²) in [7, 11) is 1.26. The number of likely N-dealkylation sites (tertiary alicyclic amines) is 1. The predicted octanol–water partition coefficient (Wildman–Crippen LogP) is 3.24. The third kappa shape index (κ3) is 7.29. The van der Waals surface area contributed by atoms with Gasteiger partial charge in [0.05, 0.1) is 7.11 Å². The van der Waals surface area contributed by atoms with Crippen molar-refractivity contribution in [1.29, 1.82) is 0 Å². The number of esters is 1. The Balaban J connectivity index is 1.96. The fourth-order valence-electron chi connectivity index (χ4n) is 3.18. The van der Waals surface area contributed by atoms with E-state index in [4.69, 9.17) is 14.2 Å². The Kier molecular flexibility index (Phi) is 7.87. The first-order chi connectivity index (χ1) is 13.7. The van der Waals surface area contributed by atoms with Gasteiger partial charge >= 0.3 is 18.2 Å². The normalized spacial score (nSPS) is 17.4. The van der Waals surface area contributed by atoms with E-state index in [-0.39, 0.29) is 19.1 Å². The summed E-state index contributed by atoms with van der Waals surface area (Å²) in [6.07, 6.45) is 0.608. The summed E-state index contributed by atoms with van der Waals surface area (Å²) in [6.45, 7) is 6.05. The zero-order valence-electron chi connectivity index (χ0n) is 17.5. The number of benzene rings is 1. The molecule has 160 valence electrons. The summed E-state index contributed by atoms with van der Waals surface area (Å²) < 4.78 is 15.5. The van der Waals surface area contributed by atoms with Crippen molar-refractivity contribution in [3.8, 4) is 0 Å². The number of amides is 2. The van der Waals surface area contributed by atoms with Crippen LogP contribution in [0.4, 0.5) is 9.59 Å². The zero-order chi connectivity index (χ0) is 21.4. The maximum Gasteiger partial charge on any atom is 0.410 e. The number of hydrogen-bond acceptors (Lipinski definition) is 6. The summed E-state index contributed by atoms with van der Waals surface area (Å²) in [6, 6.07) is 8.08. The lowest BCUT2D eigenvalue weighted by molar-refractivity contribution is -0.143. The highest BCUT2D eigenvalue weighted by Gasteiger charge is 2.36. The van der Waals surface area contributed by atoms with Crippen molar-refractivity contribution < 1.29 is 28.6 Å². The Bertz CT molecular complexity index is 701. The molecule has 1 saturated heterocycles. The Labute approximate surface area is 171 Å². The van der Waals surface area contributed by atoms with E-state index in [0.717, 1.165) is 12.0 Å². The molecule has 2 atom stereocenters. The molecule has 1 aromatic carbocycles. The number of ether oxygens (including phenoxy) is 3. The maximum atomic E-state index is 12.4. The van der Waals surface area contributed by atoms with Crippen LogP contribution in [0.25, 0.3) is 0 Å². The number of hydrogen-bond donors (Lipinski definition) is 1. The van der Waals surface area contributed by atoms with Crippen LogP contribution in [0.2, 0.25) is 0 Å². The van der Waals surface area contributed by atoms with Crippen molar-refractivity contribution in [3.63, 3.8) is 0 Å². The van der Waals surface area contributed by atoms with Crippen molar-refractivity contribution in [2.75, 3.05) is 13.7 Å². The van der Waals surface area contributed by atoms with Crippen molar-refractivity contribution in [2.45, 2.75) is 64.3 Å². The largest absolute Gasteiger partial charge is 0.467 e. The van der Waals surface area contributed by atoms with E-state index in [2.05, 4.69) is 5.32 Å². The summed E-state index contributed by atoms with van der Waals surface area (Å²) in [5.74, 6) is -0.585. The fraction of sp³-hybridized carbons (Fsp3) is 0.571. The molecule has 8 nitrogen and oxygen atoms in total. The molecule has 0 aliphatic carbocycles. The average Bonchev–Trinajstić information content (AvgIpc) is 3.13. The van der Waals surface area contributed by atoms with Gasteiger partial charge in [-0.15, -0.1) is 0 Å². The Morgan fingerprint density at radius 3 is 2.52 bits per heavy atom. The summed E-state index contributed by atoms with van der Waals surface area (Å²) >= 11 is 0. The van der Waals surface area contributed by atoms with Crippen molar-refractivity contribution >= 4 is 18.2 Å². The van der Waals surface area contributed by atoms with Crippen molar-refractivity contribution in [1.82, 2.24) is 10.2 Å². The van der Waals surface area contributed by atoms with E-state index in [9.17, 15) is 14.4 Å². The molecular formula is C21H30N2O6. The predicted molar refractivity (Wildman–Crippen MR) is 106 cm³/mol. The second-order valence-electron chi connectivity index (χ2n) is 7.99.